The first kappa shape index (κ1) is 14.2. The second-order valence-corrected chi connectivity index (χ2v) is 7.43. The summed E-state index contributed by atoms with van der Waals surface area (Å²) in [7, 11) is -3.10. The zero-order chi connectivity index (χ0) is 13.0. The molecule has 0 aromatic carbocycles. The second-order valence-electron chi connectivity index (χ2n) is 5.39. The number of sulfonamides is 1. The van der Waals surface area contributed by atoms with E-state index in [1.807, 2.05) is 0 Å². The van der Waals surface area contributed by atoms with Crippen LogP contribution in [-0.4, -0.2) is 57.8 Å². The maximum Gasteiger partial charge on any atom is 0.215 e. The molecule has 0 aromatic rings. The normalized spacial score (nSPS) is 27.7. The van der Waals surface area contributed by atoms with Crippen molar-refractivity contribution < 1.29 is 8.42 Å². The van der Waals surface area contributed by atoms with Gasteiger partial charge in [-0.1, -0.05) is 6.92 Å². The highest BCUT2D eigenvalue weighted by molar-refractivity contribution is 7.90. The third kappa shape index (κ3) is 3.66. The van der Waals surface area contributed by atoms with Crippen molar-refractivity contribution in [3.8, 4) is 0 Å². The summed E-state index contributed by atoms with van der Waals surface area (Å²) in [6.07, 6.45) is 2.96. The molecule has 0 spiro atoms. The van der Waals surface area contributed by atoms with Crippen molar-refractivity contribution in [2.24, 2.45) is 5.92 Å². The largest absolute Gasteiger partial charge is 0.315 e. The summed E-state index contributed by atoms with van der Waals surface area (Å²) in [5, 5.41) is 2.88. The summed E-state index contributed by atoms with van der Waals surface area (Å²) in [6, 6.07) is 0. The summed E-state index contributed by atoms with van der Waals surface area (Å²) >= 11 is 0. The highest BCUT2D eigenvalue weighted by atomic mass is 32.2. The highest BCUT2D eigenvalue weighted by Gasteiger charge is 2.29. The zero-order valence-corrected chi connectivity index (χ0v) is 12.0. The molecule has 0 radical (unpaired) electrons. The van der Waals surface area contributed by atoms with Gasteiger partial charge in [-0.15, -0.1) is 0 Å². The minimum Gasteiger partial charge on any atom is -0.315 e. The van der Waals surface area contributed by atoms with E-state index >= 15 is 0 Å². The van der Waals surface area contributed by atoms with Crippen LogP contribution in [0.2, 0.25) is 0 Å². The number of nitrogens with one attached hydrogen (secondary N) is 2. The molecule has 0 bridgehead atoms. The Morgan fingerprint density at radius 1 is 1.28 bits per heavy atom. The van der Waals surface area contributed by atoms with Crippen LogP contribution in [0.3, 0.4) is 0 Å². The van der Waals surface area contributed by atoms with E-state index in [1.54, 1.807) is 0 Å². The van der Waals surface area contributed by atoms with E-state index in [0.29, 0.717) is 19.0 Å². The van der Waals surface area contributed by atoms with Crippen LogP contribution in [0.4, 0.5) is 0 Å². The lowest BCUT2D eigenvalue weighted by Gasteiger charge is -2.31. The minimum absolute atomic E-state index is 0.228. The van der Waals surface area contributed by atoms with Gasteiger partial charge in [0.2, 0.25) is 10.0 Å². The topological polar surface area (TPSA) is 61.4 Å². The molecule has 5 nitrogen and oxygen atoms in total. The van der Waals surface area contributed by atoms with Crippen molar-refractivity contribution in [1.29, 1.82) is 0 Å². The molecule has 0 saturated carbocycles. The molecule has 2 rings (SSSR count). The molecule has 1 unspecified atom stereocenters. The number of piperidine rings is 1. The van der Waals surface area contributed by atoms with Crippen LogP contribution in [0.1, 0.15) is 26.2 Å². The Morgan fingerprint density at radius 3 is 2.56 bits per heavy atom. The van der Waals surface area contributed by atoms with Crippen molar-refractivity contribution in [3.63, 3.8) is 0 Å². The molecule has 106 valence electrons. The van der Waals surface area contributed by atoms with Crippen molar-refractivity contribution in [2.75, 3.05) is 39.3 Å². The van der Waals surface area contributed by atoms with Crippen molar-refractivity contribution in [2.45, 2.75) is 31.4 Å². The van der Waals surface area contributed by atoms with Gasteiger partial charge in [-0.25, -0.2) is 13.1 Å². The van der Waals surface area contributed by atoms with Gasteiger partial charge in [0, 0.05) is 13.1 Å². The molecule has 2 heterocycles. The molecule has 0 aromatic heterocycles. The van der Waals surface area contributed by atoms with E-state index in [4.69, 9.17) is 0 Å². The Balaban J connectivity index is 1.74. The maximum atomic E-state index is 12.0. The summed E-state index contributed by atoms with van der Waals surface area (Å²) in [5.74, 6) is 0.511. The van der Waals surface area contributed by atoms with Gasteiger partial charge in [-0.05, 0) is 51.4 Å². The smallest absolute Gasteiger partial charge is 0.215 e. The van der Waals surface area contributed by atoms with Crippen LogP contribution in [0, 0.1) is 5.92 Å². The lowest BCUT2D eigenvalue weighted by Crippen LogP contribution is -2.41. The van der Waals surface area contributed by atoms with E-state index in [9.17, 15) is 8.42 Å². The Bertz CT molecular complexity index is 344. The Labute approximate surface area is 110 Å². The molecular formula is C12H25N3O2S. The highest BCUT2D eigenvalue weighted by Crippen LogP contribution is 2.17. The molecular weight excluding hydrogens is 250 g/mol. The number of rotatable bonds is 5. The first-order valence-electron chi connectivity index (χ1n) is 7.03. The molecule has 2 aliphatic rings. The first-order valence-corrected chi connectivity index (χ1v) is 8.58. The predicted molar refractivity (Wildman–Crippen MR) is 73.0 cm³/mol. The Hall–Kier alpha value is -0.170. The molecule has 2 saturated heterocycles. The average Bonchev–Trinajstić information content (AvgIpc) is 2.92. The molecule has 0 aliphatic carbocycles. The second kappa shape index (κ2) is 6.32. The van der Waals surface area contributed by atoms with Crippen LogP contribution in [0.25, 0.3) is 0 Å². The van der Waals surface area contributed by atoms with Crippen LogP contribution in [0.5, 0.6) is 0 Å². The van der Waals surface area contributed by atoms with Crippen molar-refractivity contribution in [1.82, 2.24) is 14.9 Å². The number of hydrogen-bond acceptors (Lipinski definition) is 4. The van der Waals surface area contributed by atoms with Crippen LogP contribution in [0.15, 0.2) is 0 Å². The fourth-order valence-corrected chi connectivity index (χ4v) is 4.22. The lowest BCUT2D eigenvalue weighted by atomic mass is 9.97. The molecule has 2 aliphatic heterocycles. The van der Waals surface area contributed by atoms with Gasteiger partial charge in [0.15, 0.2) is 0 Å². The summed E-state index contributed by atoms with van der Waals surface area (Å²) in [4.78, 5) is 2.42. The third-order valence-corrected chi connectivity index (χ3v) is 6.03. The van der Waals surface area contributed by atoms with E-state index in [1.165, 1.54) is 0 Å². The summed E-state index contributed by atoms with van der Waals surface area (Å²) in [6.45, 7) is 7.53. The van der Waals surface area contributed by atoms with E-state index < -0.39 is 10.0 Å². The molecule has 2 fully saturated rings. The van der Waals surface area contributed by atoms with Gasteiger partial charge in [0.1, 0.15) is 0 Å². The molecule has 1 atom stereocenters. The minimum atomic E-state index is -3.10. The molecule has 0 amide bonds. The summed E-state index contributed by atoms with van der Waals surface area (Å²) in [5.41, 5.74) is 0. The molecule has 18 heavy (non-hydrogen) atoms. The van der Waals surface area contributed by atoms with Gasteiger partial charge in [0.25, 0.3) is 0 Å². The van der Waals surface area contributed by atoms with Crippen molar-refractivity contribution >= 4 is 10.0 Å². The monoisotopic (exact) mass is 275 g/mol. The van der Waals surface area contributed by atoms with E-state index in [2.05, 4.69) is 21.9 Å². The Morgan fingerprint density at radius 2 is 2.00 bits per heavy atom. The van der Waals surface area contributed by atoms with Gasteiger partial charge >= 0.3 is 0 Å². The average molecular weight is 275 g/mol. The molecule has 2 N–H and O–H groups in total. The number of likely N-dealkylation sites (tertiary alicyclic amines) is 1. The number of nitrogens with zero attached hydrogens (tertiary/aromatic N) is 1. The van der Waals surface area contributed by atoms with Crippen molar-refractivity contribution in [3.05, 3.63) is 0 Å². The molecule has 6 heteroatoms. The lowest BCUT2D eigenvalue weighted by molar-refractivity contribution is 0.193. The quantitative estimate of drug-likeness (QED) is 0.741. The first-order chi connectivity index (χ1) is 8.62. The predicted octanol–water partition coefficient (Wildman–Crippen LogP) is -0.000400. The van der Waals surface area contributed by atoms with Crippen LogP contribution in [-0.2, 0) is 10.0 Å². The van der Waals surface area contributed by atoms with E-state index in [0.717, 1.165) is 45.4 Å². The number of hydrogen-bond donors (Lipinski definition) is 2. The van der Waals surface area contributed by atoms with Gasteiger partial charge in [-0.2, -0.15) is 0 Å². The van der Waals surface area contributed by atoms with Gasteiger partial charge in [-0.3, -0.25) is 0 Å². The third-order valence-electron chi connectivity index (χ3n) is 4.18. The zero-order valence-electron chi connectivity index (χ0n) is 11.2. The fourth-order valence-electron chi connectivity index (χ4n) is 2.75. The van der Waals surface area contributed by atoms with Crippen LogP contribution >= 0.6 is 0 Å². The SMILES string of the molecule is CCN1CCC(CNS(=O)(=O)C2CCNC2)CC1. The Kier molecular flexibility index (Phi) is 5.00. The standard InChI is InChI=1S/C12H25N3O2S/c1-2-15-7-4-11(5-8-15)9-14-18(16,17)12-3-6-13-10-12/h11-14H,2-10H2,1H3. The maximum absolute atomic E-state index is 12.0. The summed E-state index contributed by atoms with van der Waals surface area (Å²) < 4.78 is 26.9. The fraction of sp³-hybridized carbons (Fsp3) is 1.00. The van der Waals surface area contributed by atoms with Crippen LogP contribution < -0.4 is 10.0 Å². The van der Waals surface area contributed by atoms with E-state index in [-0.39, 0.29) is 5.25 Å². The van der Waals surface area contributed by atoms with Gasteiger partial charge < -0.3 is 10.2 Å². The van der Waals surface area contributed by atoms with Gasteiger partial charge in [0.05, 0.1) is 5.25 Å².